The zero-order valence-corrected chi connectivity index (χ0v) is 17.9. The molecule has 0 aliphatic rings. The third kappa shape index (κ3) is 3.64. The Morgan fingerprint density at radius 3 is 2.30 bits per heavy atom. The van der Waals surface area contributed by atoms with Gasteiger partial charge < -0.3 is 19.9 Å². The number of nitrogens with two attached hydrogens (primary N) is 1. The first kappa shape index (κ1) is 20.0. The van der Waals surface area contributed by atoms with Crippen LogP contribution in [0.4, 0.5) is 5.13 Å². The first-order chi connectivity index (χ1) is 14.5. The van der Waals surface area contributed by atoms with Crippen LogP contribution in [0.15, 0.2) is 50.7 Å². The predicted octanol–water partition coefficient (Wildman–Crippen LogP) is 3.00. The van der Waals surface area contributed by atoms with Crippen molar-refractivity contribution in [2.45, 2.75) is 9.50 Å². The Labute approximate surface area is 179 Å². The maximum absolute atomic E-state index is 13.5. The van der Waals surface area contributed by atoms with Crippen LogP contribution in [-0.2, 0) is 0 Å². The van der Waals surface area contributed by atoms with E-state index in [2.05, 4.69) is 10.2 Å². The van der Waals surface area contributed by atoms with Gasteiger partial charge >= 0.3 is 0 Å². The maximum Gasteiger partial charge on any atom is 0.266 e. The highest BCUT2D eigenvalue weighted by molar-refractivity contribution is 8.00. The number of methoxy groups -OCH3 is 3. The number of rotatable bonds is 6. The van der Waals surface area contributed by atoms with Crippen LogP contribution in [0.3, 0.4) is 0 Å². The van der Waals surface area contributed by atoms with Crippen molar-refractivity contribution in [2.75, 3.05) is 27.1 Å². The summed E-state index contributed by atoms with van der Waals surface area (Å²) in [7, 11) is 4.63. The molecule has 0 unspecified atom stereocenters. The molecule has 2 aromatic heterocycles. The van der Waals surface area contributed by atoms with Gasteiger partial charge in [-0.25, -0.2) is 4.98 Å². The summed E-state index contributed by atoms with van der Waals surface area (Å²) in [6.07, 6.45) is 0. The second-order valence-electron chi connectivity index (χ2n) is 5.97. The average Bonchev–Trinajstić information content (AvgIpc) is 3.17. The van der Waals surface area contributed by atoms with Crippen molar-refractivity contribution in [2.24, 2.45) is 0 Å². The number of aromatic nitrogens is 4. The van der Waals surface area contributed by atoms with E-state index in [-0.39, 0.29) is 5.56 Å². The van der Waals surface area contributed by atoms with Crippen LogP contribution in [0.25, 0.3) is 16.6 Å². The Hall–Kier alpha value is -3.31. The van der Waals surface area contributed by atoms with Gasteiger partial charge in [0.2, 0.25) is 5.13 Å². The number of nitrogens with zero attached hydrogens (tertiary/aromatic N) is 4. The molecule has 2 aromatic carbocycles. The zero-order valence-electron chi connectivity index (χ0n) is 16.3. The van der Waals surface area contributed by atoms with E-state index in [1.165, 1.54) is 41.9 Å². The van der Waals surface area contributed by atoms with Crippen molar-refractivity contribution in [1.29, 1.82) is 0 Å². The quantitative estimate of drug-likeness (QED) is 0.449. The first-order valence-corrected chi connectivity index (χ1v) is 10.3. The molecule has 0 fully saturated rings. The number of benzene rings is 2. The van der Waals surface area contributed by atoms with Gasteiger partial charge in [0, 0.05) is 6.07 Å². The van der Waals surface area contributed by atoms with Gasteiger partial charge in [-0.2, -0.15) is 0 Å². The fraction of sp³-hybridized carbons (Fsp3) is 0.158. The molecular formula is C19H17N5O4S2. The maximum atomic E-state index is 13.5. The summed E-state index contributed by atoms with van der Waals surface area (Å²) in [4.78, 5) is 18.2. The molecule has 9 nitrogen and oxygen atoms in total. The van der Waals surface area contributed by atoms with Gasteiger partial charge in [-0.05, 0) is 42.1 Å². The average molecular weight is 444 g/mol. The van der Waals surface area contributed by atoms with Crippen LogP contribution >= 0.6 is 23.1 Å². The standard InChI is InChI=1S/C19H17N5O4S2/c1-26-11-6-4-10(5-7-11)24-16(25)12-8-14(27-2)15(28-3)9-13(12)21-18(24)30-19-23-22-17(20)29-19/h4-9H,1-3H3,(H2,20,22). The normalized spacial score (nSPS) is 10.9. The van der Waals surface area contributed by atoms with Crippen LogP contribution in [0.5, 0.6) is 17.2 Å². The highest BCUT2D eigenvalue weighted by atomic mass is 32.2. The van der Waals surface area contributed by atoms with Gasteiger partial charge in [0.25, 0.3) is 5.56 Å². The summed E-state index contributed by atoms with van der Waals surface area (Å²) in [5.74, 6) is 1.61. The van der Waals surface area contributed by atoms with Gasteiger partial charge in [0.1, 0.15) is 5.75 Å². The molecule has 2 heterocycles. The number of anilines is 1. The minimum absolute atomic E-state index is 0.258. The minimum atomic E-state index is -0.258. The molecule has 0 saturated carbocycles. The number of fused-ring (bicyclic) bond motifs is 1. The van der Waals surface area contributed by atoms with Crippen LogP contribution in [0, 0.1) is 0 Å². The summed E-state index contributed by atoms with van der Waals surface area (Å²) in [5.41, 5.74) is 6.55. The molecule has 0 spiro atoms. The Bertz CT molecular complexity index is 1270. The second kappa shape index (κ2) is 8.20. The Morgan fingerprint density at radius 2 is 1.70 bits per heavy atom. The van der Waals surface area contributed by atoms with Gasteiger partial charge in [0.15, 0.2) is 21.0 Å². The summed E-state index contributed by atoms with van der Waals surface area (Å²) in [6.45, 7) is 0. The lowest BCUT2D eigenvalue weighted by molar-refractivity contribution is 0.355. The number of ether oxygens (including phenoxy) is 3. The molecule has 0 aliphatic heterocycles. The number of nitrogen functional groups attached to an aromatic ring is 1. The SMILES string of the molecule is COc1ccc(-n2c(Sc3nnc(N)s3)nc3cc(OC)c(OC)cc3c2=O)cc1. The number of hydrogen-bond donors (Lipinski definition) is 1. The van der Waals surface area contributed by atoms with E-state index in [4.69, 9.17) is 24.9 Å². The Balaban J connectivity index is 1.98. The minimum Gasteiger partial charge on any atom is -0.497 e. The zero-order chi connectivity index (χ0) is 21.3. The van der Waals surface area contributed by atoms with E-state index in [9.17, 15) is 4.79 Å². The van der Waals surface area contributed by atoms with Gasteiger partial charge in [-0.15, -0.1) is 10.2 Å². The van der Waals surface area contributed by atoms with Crippen molar-refractivity contribution in [3.05, 3.63) is 46.8 Å². The van der Waals surface area contributed by atoms with E-state index in [1.54, 1.807) is 43.5 Å². The summed E-state index contributed by atoms with van der Waals surface area (Å²) in [6, 6.07) is 10.4. The second-order valence-corrected chi connectivity index (χ2v) is 8.19. The van der Waals surface area contributed by atoms with Gasteiger partial charge in [0.05, 0.1) is 37.9 Å². The molecule has 0 aliphatic carbocycles. The van der Waals surface area contributed by atoms with Crippen molar-refractivity contribution < 1.29 is 14.2 Å². The third-order valence-corrected chi connectivity index (χ3v) is 6.03. The molecule has 30 heavy (non-hydrogen) atoms. The molecule has 0 bridgehead atoms. The van der Waals surface area contributed by atoms with E-state index < -0.39 is 0 Å². The fourth-order valence-electron chi connectivity index (χ4n) is 2.86. The molecule has 0 amide bonds. The Kier molecular flexibility index (Phi) is 5.46. The monoisotopic (exact) mass is 443 g/mol. The molecule has 154 valence electrons. The molecule has 11 heteroatoms. The summed E-state index contributed by atoms with van der Waals surface area (Å²) >= 11 is 2.42. The van der Waals surface area contributed by atoms with Crippen LogP contribution in [0.1, 0.15) is 0 Å². The van der Waals surface area contributed by atoms with E-state index >= 15 is 0 Å². The molecule has 0 radical (unpaired) electrons. The van der Waals surface area contributed by atoms with E-state index in [0.717, 1.165) is 0 Å². The van der Waals surface area contributed by atoms with E-state index in [0.29, 0.717) is 48.5 Å². The predicted molar refractivity (Wildman–Crippen MR) is 115 cm³/mol. The van der Waals surface area contributed by atoms with Crippen LogP contribution in [-0.4, -0.2) is 41.1 Å². The third-order valence-electron chi connectivity index (χ3n) is 4.27. The molecular weight excluding hydrogens is 426 g/mol. The van der Waals surface area contributed by atoms with Crippen LogP contribution in [0.2, 0.25) is 0 Å². The fourth-order valence-corrected chi connectivity index (χ4v) is 4.51. The van der Waals surface area contributed by atoms with Crippen molar-refractivity contribution in [3.8, 4) is 22.9 Å². The van der Waals surface area contributed by atoms with Crippen molar-refractivity contribution in [1.82, 2.24) is 19.7 Å². The van der Waals surface area contributed by atoms with Gasteiger partial charge in [-0.3, -0.25) is 9.36 Å². The van der Waals surface area contributed by atoms with Crippen LogP contribution < -0.4 is 25.5 Å². The van der Waals surface area contributed by atoms with Crippen molar-refractivity contribution >= 4 is 39.1 Å². The highest BCUT2D eigenvalue weighted by Gasteiger charge is 2.18. The summed E-state index contributed by atoms with van der Waals surface area (Å²) < 4.78 is 18.0. The topological polar surface area (TPSA) is 114 Å². The molecule has 4 aromatic rings. The van der Waals surface area contributed by atoms with Gasteiger partial charge in [-0.1, -0.05) is 11.3 Å². The Morgan fingerprint density at radius 1 is 1.00 bits per heavy atom. The van der Waals surface area contributed by atoms with E-state index in [1.807, 2.05) is 0 Å². The van der Waals surface area contributed by atoms with Crippen molar-refractivity contribution in [3.63, 3.8) is 0 Å². The molecule has 0 atom stereocenters. The lowest BCUT2D eigenvalue weighted by atomic mass is 10.2. The molecule has 4 rings (SSSR count). The highest BCUT2D eigenvalue weighted by Crippen LogP contribution is 2.34. The smallest absolute Gasteiger partial charge is 0.266 e. The number of hydrogen-bond acceptors (Lipinski definition) is 10. The molecule has 0 saturated heterocycles. The summed E-state index contributed by atoms with van der Waals surface area (Å²) in [5, 5.41) is 9.01. The lowest BCUT2D eigenvalue weighted by Gasteiger charge is -2.14. The molecule has 2 N–H and O–H groups in total. The largest absolute Gasteiger partial charge is 0.497 e. The first-order valence-electron chi connectivity index (χ1n) is 8.64. The lowest BCUT2D eigenvalue weighted by Crippen LogP contribution is -2.21.